The first kappa shape index (κ1) is 25.2. The molecule has 0 aromatic heterocycles. The molecule has 0 heterocycles. The predicted molar refractivity (Wildman–Crippen MR) is 128 cm³/mol. The Kier molecular flexibility index (Phi) is 11.6. The molecule has 1 aromatic rings. The predicted octanol–water partition coefficient (Wildman–Crippen LogP) is 2.16. The van der Waals surface area contributed by atoms with Gasteiger partial charge in [0, 0.05) is 39.3 Å². The van der Waals surface area contributed by atoms with Gasteiger partial charge in [-0.3, -0.25) is 9.59 Å². The lowest BCUT2D eigenvalue weighted by atomic mass is 9.96. The monoisotopic (exact) mass is 515 g/mol. The molecule has 2 amide bonds. The fourth-order valence-electron chi connectivity index (χ4n) is 3.22. The van der Waals surface area contributed by atoms with Gasteiger partial charge in [0.1, 0.15) is 6.54 Å². The van der Waals surface area contributed by atoms with Crippen LogP contribution >= 0.6 is 24.0 Å². The number of halogens is 1. The molecule has 7 nitrogen and oxygen atoms in total. The van der Waals surface area contributed by atoms with E-state index in [-0.39, 0.29) is 42.3 Å². The van der Waals surface area contributed by atoms with E-state index < -0.39 is 0 Å². The van der Waals surface area contributed by atoms with Crippen molar-refractivity contribution in [1.82, 2.24) is 20.9 Å². The van der Waals surface area contributed by atoms with E-state index >= 15 is 0 Å². The van der Waals surface area contributed by atoms with Gasteiger partial charge in [-0.25, -0.2) is 4.99 Å². The highest BCUT2D eigenvalue weighted by atomic mass is 127. The summed E-state index contributed by atoms with van der Waals surface area (Å²) >= 11 is 0. The quantitative estimate of drug-likeness (QED) is 0.295. The molecule has 162 valence electrons. The third-order valence-electron chi connectivity index (χ3n) is 4.94. The molecule has 1 saturated carbocycles. The zero-order valence-electron chi connectivity index (χ0n) is 17.7. The molecule has 1 aliphatic rings. The summed E-state index contributed by atoms with van der Waals surface area (Å²) in [5, 5.41) is 9.46. The molecule has 2 rings (SSSR count). The van der Waals surface area contributed by atoms with Crippen LogP contribution in [-0.4, -0.2) is 62.9 Å². The molecule has 1 aliphatic carbocycles. The molecule has 29 heavy (non-hydrogen) atoms. The van der Waals surface area contributed by atoms with Gasteiger partial charge >= 0.3 is 0 Å². The van der Waals surface area contributed by atoms with Crippen LogP contribution in [0.2, 0.25) is 0 Å². The molecule has 0 atom stereocenters. The number of hydrogen-bond acceptors (Lipinski definition) is 3. The highest BCUT2D eigenvalue weighted by molar-refractivity contribution is 14.0. The van der Waals surface area contributed by atoms with E-state index in [1.165, 1.54) is 19.3 Å². The number of hydrogen-bond donors (Lipinski definition) is 3. The van der Waals surface area contributed by atoms with Crippen LogP contribution in [-0.2, 0) is 11.2 Å². The number of nitrogens with zero attached hydrogens (tertiary/aromatic N) is 2. The minimum atomic E-state index is -0.0850. The van der Waals surface area contributed by atoms with Crippen LogP contribution in [0, 0.1) is 0 Å². The molecule has 0 unspecified atom stereocenters. The Morgan fingerprint density at radius 2 is 1.90 bits per heavy atom. The van der Waals surface area contributed by atoms with Crippen LogP contribution in [0.25, 0.3) is 0 Å². The molecule has 0 aliphatic heterocycles. The summed E-state index contributed by atoms with van der Waals surface area (Å²) in [6, 6.07) is 8.02. The van der Waals surface area contributed by atoms with E-state index in [2.05, 4.69) is 20.9 Å². The van der Waals surface area contributed by atoms with Gasteiger partial charge in [0.2, 0.25) is 5.91 Å². The Bertz CT molecular complexity index is 687. The fourth-order valence-corrected chi connectivity index (χ4v) is 3.22. The zero-order valence-corrected chi connectivity index (χ0v) is 20.0. The number of benzene rings is 1. The van der Waals surface area contributed by atoms with Crippen LogP contribution in [0.3, 0.4) is 0 Å². The van der Waals surface area contributed by atoms with E-state index in [0.717, 1.165) is 24.8 Å². The molecule has 0 saturated heterocycles. The number of rotatable bonds is 7. The van der Waals surface area contributed by atoms with Crippen molar-refractivity contribution >= 4 is 41.8 Å². The van der Waals surface area contributed by atoms with Crippen molar-refractivity contribution in [1.29, 1.82) is 0 Å². The van der Waals surface area contributed by atoms with Gasteiger partial charge in [-0.05, 0) is 37.0 Å². The summed E-state index contributed by atoms with van der Waals surface area (Å²) in [7, 11) is 5.10. The smallest absolute Gasteiger partial charge is 0.251 e. The first-order valence-electron chi connectivity index (χ1n) is 10.1. The molecule has 0 bridgehead atoms. The van der Waals surface area contributed by atoms with Gasteiger partial charge in [0.15, 0.2) is 5.96 Å². The number of aliphatic imine (C=N–C) groups is 1. The Labute approximate surface area is 191 Å². The SMILES string of the molecule is CNC(=O)c1cccc(CCNC(=NCC(=O)N(C)C)NC2CCCCC2)c1.I. The van der Waals surface area contributed by atoms with E-state index in [1.807, 2.05) is 18.2 Å². The number of amides is 2. The summed E-state index contributed by atoms with van der Waals surface area (Å²) in [6.45, 7) is 0.799. The average Bonchev–Trinajstić information content (AvgIpc) is 2.71. The number of guanidine groups is 1. The van der Waals surface area contributed by atoms with E-state index in [9.17, 15) is 9.59 Å². The lowest BCUT2D eigenvalue weighted by Gasteiger charge is -2.25. The summed E-state index contributed by atoms with van der Waals surface area (Å²) < 4.78 is 0. The molecule has 3 N–H and O–H groups in total. The molecule has 0 radical (unpaired) electrons. The summed E-state index contributed by atoms with van der Waals surface area (Å²) in [5.41, 5.74) is 1.74. The standard InChI is InChI=1S/C21H33N5O2.HI/c1-22-20(28)17-9-7-8-16(14-17)12-13-23-21(24-15-19(27)26(2)3)25-18-10-5-4-6-11-18;/h7-9,14,18H,4-6,10-13,15H2,1-3H3,(H,22,28)(H2,23,24,25);1H. The number of carbonyl (C=O) groups excluding carboxylic acids is 2. The number of carbonyl (C=O) groups is 2. The second-order valence-electron chi connectivity index (χ2n) is 7.39. The lowest BCUT2D eigenvalue weighted by molar-refractivity contribution is -0.127. The minimum Gasteiger partial charge on any atom is -0.356 e. The van der Waals surface area contributed by atoms with Crippen molar-refractivity contribution in [3.63, 3.8) is 0 Å². The molecule has 1 fully saturated rings. The minimum absolute atomic E-state index is 0. The second kappa shape index (κ2) is 13.4. The van der Waals surface area contributed by atoms with E-state index in [0.29, 0.717) is 24.1 Å². The summed E-state index contributed by atoms with van der Waals surface area (Å²) in [6.07, 6.45) is 6.78. The van der Waals surface area contributed by atoms with Gasteiger partial charge in [-0.1, -0.05) is 31.4 Å². The number of likely N-dealkylation sites (N-methyl/N-ethyl adjacent to an activating group) is 1. The normalized spacial score (nSPS) is 14.5. The Morgan fingerprint density at radius 3 is 2.55 bits per heavy atom. The maximum absolute atomic E-state index is 11.9. The van der Waals surface area contributed by atoms with Gasteiger partial charge in [-0.2, -0.15) is 0 Å². The average molecular weight is 515 g/mol. The molecule has 0 spiro atoms. The van der Waals surface area contributed by atoms with Gasteiger partial charge < -0.3 is 20.9 Å². The van der Waals surface area contributed by atoms with Crippen molar-refractivity contribution < 1.29 is 9.59 Å². The van der Waals surface area contributed by atoms with Crippen LogP contribution < -0.4 is 16.0 Å². The van der Waals surface area contributed by atoms with Crippen molar-refractivity contribution in [3.05, 3.63) is 35.4 Å². The first-order valence-corrected chi connectivity index (χ1v) is 10.1. The van der Waals surface area contributed by atoms with E-state index in [1.54, 1.807) is 32.1 Å². The highest BCUT2D eigenvalue weighted by Gasteiger charge is 2.15. The van der Waals surface area contributed by atoms with E-state index in [4.69, 9.17) is 0 Å². The van der Waals surface area contributed by atoms with Gasteiger partial charge in [0.25, 0.3) is 5.91 Å². The Balaban J connectivity index is 0.00000420. The van der Waals surface area contributed by atoms with Gasteiger partial charge in [-0.15, -0.1) is 24.0 Å². The molecular weight excluding hydrogens is 481 g/mol. The van der Waals surface area contributed by atoms with Crippen LogP contribution in [0.1, 0.15) is 48.0 Å². The Morgan fingerprint density at radius 1 is 1.17 bits per heavy atom. The van der Waals surface area contributed by atoms with Crippen molar-refractivity contribution in [2.45, 2.75) is 44.6 Å². The maximum Gasteiger partial charge on any atom is 0.251 e. The lowest BCUT2D eigenvalue weighted by Crippen LogP contribution is -2.45. The summed E-state index contributed by atoms with van der Waals surface area (Å²) in [4.78, 5) is 29.7. The summed E-state index contributed by atoms with van der Waals surface area (Å²) in [5.74, 6) is 0.575. The van der Waals surface area contributed by atoms with Crippen LogP contribution in [0.5, 0.6) is 0 Å². The topological polar surface area (TPSA) is 85.8 Å². The first-order chi connectivity index (χ1) is 13.5. The highest BCUT2D eigenvalue weighted by Crippen LogP contribution is 2.17. The van der Waals surface area contributed by atoms with Crippen molar-refractivity contribution in [2.75, 3.05) is 34.2 Å². The van der Waals surface area contributed by atoms with Gasteiger partial charge in [0.05, 0.1) is 0 Å². The fraction of sp³-hybridized carbons (Fsp3) is 0.571. The van der Waals surface area contributed by atoms with Crippen LogP contribution in [0.15, 0.2) is 29.3 Å². The molecule has 8 heteroatoms. The van der Waals surface area contributed by atoms with Crippen molar-refractivity contribution in [2.24, 2.45) is 4.99 Å². The maximum atomic E-state index is 11.9. The Hall–Kier alpha value is -1.84. The largest absolute Gasteiger partial charge is 0.356 e. The molecular formula is C21H34IN5O2. The van der Waals surface area contributed by atoms with Crippen LogP contribution in [0.4, 0.5) is 0 Å². The van der Waals surface area contributed by atoms with Crippen molar-refractivity contribution in [3.8, 4) is 0 Å². The third kappa shape index (κ3) is 9.01. The third-order valence-corrected chi connectivity index (χ3v) is 4.94. The second-order valence-corrected chi connectivity index (χ2v) is 7.39. The number of nitrogens with one attached hydrogen (secondary N) is 3. The zero-order chi connectivity index (χ0) is 20.4. The molecule has 1 aromatic carbocycles.